The van der Waals surface area contributed by atoms with Crippen molar-refractivity contribution in [2.45, 2.75) is 12.8 Å². The molecular weight excluding hydrogens is 250 g/mol. The van der Waals surface area contributed by atoms with Gasteiger partial charge in [0.05, 0.1) is 5.33 Å². The van der Waals surface area contributed by atoms with Gasteiger partial charge in [-0.25, -0.2) is 0 Å². The van der Waals surface area contributed by atoms with Gasteiger partial charge in [0.1, 0.15) is 0 Å². The van der Waals surface area contributed by atoms with Crippen molar-refractivity contribution in [2.24, 2.45) is 0 Å². The molecule has 1 saturated heterocycles. The molecule has 1 aliphatic heterocycles. The van der Waals surface area contributed by atoms with Crippen LogP contribution < -0.4 is 4.90 Å². The normalized spacial score (nSPS) is 14.9. The Balaban J connectivity index is 2.18. The molecule has 1 nitrogen and oxygen atoms in total. The zero-order valence-corrected chi connectivity index (χ0v) is 10.3. The van der Waals surface area contributed by atoms with Gasteiger partial charge in [-0.1, -0.05) is 33.8 Å². The van der Waals surface area contributed by atoms with Crippen LogP contribution in [0.5, 0.6) is 0 Å². The van der Waals surface area contributed by atoms with E-state index in [1.807, 2.05) is 0 Å². The van der Waals surface area contributed by atoms with Gasteiger partial charge in [-0.3, -0.25) is 0 Å². The maximum Gasteiger partial charge on any atom is 0.0649 e. The molecule has 0 spiro atoms. The summed E-state index contributed by atoms with van der Waals surface area (Å²) in [6.45, 7) is 2.38. The molecule has 78 valence electrons. The lowest BCUT2D eigenvalue weighted by atomic mass is 10.2. The Kier molecular flexibility index (Phi) is 3.69. The van der Waals surface area contributed by atoms with Crippen LogP contribution in [0.25, 0.3) is 0 Å². The Morgan fingerprint density at radius 3 is 2.80 bits per heavy atom. The smallest absolute Gasteiger partial charge is 0.0649 e. The Bertz CT molecular complexity index is 383. The van der Waals surface area contributed by atoms with Crippen LogP contribution in [0.2, 0.25) is 0 Å². The Labute approximate surface area is 99.6 Å². The number of benzene rings is 1. The average Bonchev–Trinajstić information content (AvgIpc) is 2.80. The molecule has 1 aliphatic rings. The highest BCUT2D eigenvalue weighted by atomic mass is 79.9. The van der Waals surface area contributed by atoms with Crippen LogP contribution in [0.3, 0.4) is 0 Å². The van der Waals surface area contributed by atoms with E-state index in [4.69, 9.17) is 0 Å². The molecule has 1 aromatic rings. The number of rotatable bonds is 1. The van der Waals surface area contributed by atoms with Crippen LogP contribution in [0, 0.1) is 11.8 Å². The van der Waals surface area contributed by atoms with E-state index in [-0.39, 0.29) is 0 Å². The van der Waals surface area contributed by atoms with Gasteiger partial charge >= 0.3 is 0 Å². The number of alkyl halides is 1. The van der Waals surface area contributed by atoms with Crippen LogP contribution in [0.4, 0.5) is 5.69 Å². The predicted octanol–water partition coefficient (Wildman–Crippen LogP) is 3.03. The highest BCUT2D eigenvalue weighted by Crippen LogP contribution is 2.20. The Morgan fingerprint density at radius 2 is 2.07 bits per heavy atom. The van der Waals surface area contributed by atoms with E-state index >= 15 is 0 Å². The SMILES string of the molecule is BrCC#Cc1cccc(N2CCCC2)c1. The summed E-state index contributed by atoms with van der Waals surface area (Å²) < 4.78 is 0. The molecule has 0 radical (unpaired) electrons. The Morgan fingerprint density at radius 1 is 1.27 bits per heavy atom. The van der Waals surface area contributed by atoms with E-state index in [0.29, 0.717) is 0 Å². The third-order valence-corrected chi connectivity index (χ3v) is 2.90. The van der Waals surface area contributed by atoms with Gasteiger partial charge in [-0.2, -0.15) is 0 Å². The summed E-state index contributed by atoms with van der Waals surface area (Å²) in [6.07, 6.45) is 2.63. The number of halogens is 1. The molecule has 0 unspecified atom stereocenters. The maximum atomic E-state index is 3.31. The van der Waals surface area contributed by atoms with Crippen molar-refractivity contribution in [3.63, 3.8) is 0 Å². The van der Waals surface area contributed by atoms with Crippen molar-refractivity contribution >= 4 is 21.6 Å². The largest absolute Gasteiger partial charge is 0.371 e. The maximum absolute atomic E-state index is 3.31. The molecular formula is C13H14BrN. The van der Waals surface area contributed by atoms with Crippen LogP contribution >= 0.6 is 15.9 Å². The molecule has 0 amide bonds. The molecule has 1 heterocycles. The molecule has 2 heteroatoms. The number of hydrogen-bond donors (Lipinski definition) is 0. The van der Waals surface area contributed by atoms with Gasteiger partial charge in [0.25, 0.3) is 0 Å². The average molecular weight is 264 g/mol. The van der Waals surface area contributed by atoms with Crippen molar-refractivity contribution in [3.8, 4) is 11.8 Å². The second kappa shape index (κ2) is 5.23. The third kappa shape index (κ3) is 2.76. The van der Waals surface area contributed by atoms with E-state index in [9.17, 15) is 0 Å². The summed E-state index contributed by atoms with van der Waals surface area (Å²) in [4.78, 5) is 2.43. The van der Waals surface area contributed by atoms with Crippen LogP contribution in [0.15, 0.2) is 24.3 Å². The zero-order valence-electron chi connectivity index (χ0n) is 8.67. The molecule has 2 rings (SSSR count). The predicted molar refractivity (Wildman–Crippen MR) is 68.6 cm³/mol. The quantitative estimate of drug-likeness (QED) is 0.556. The van der Waals surface area contributed by atoms with Gasteiger partial charge in [-0.15, -0.1) is 0 Å². The van der Waals surface area contributed by atoms with Gasteiger partial charge in [0.15, 0.2) is 0 Å². The second-order valence-electron chi connectivity index (χ2n) is 3.68. The summed E-state index contributed by atoms with van der Waals surface area (Å²) in [5, 5.41) is 0.737. The van der Waals surface area contributed by atoms with Gasteiger partial charge in [-0.05, 0) is 31.0 Å². The summed E-state index contributed by atoms with van der Waals surface area (Å²) in [7, 11) is 0. The topological polar surface area (TPSA) is 3.24 Å². The number of nitrogens with zero attached hydrogens (tertiary/aromatic N) is 1. The highest BCUT2D eigenvalue weighted by molar-refractivity contribution is 9.09. The monoisotopic (exact) mass is 263 g/mol. The van der Waals surface area contributed by atoms with E-state index in [1.165, 1.54) is 31.6 Å². The fraction of sp³-hybridized carbons (Fsp3) is 0.385. The Hall–Kier alpha value is -0.940. The van der Waals surface area contributed by atoms with Crippen molar-refractivity contribution in [2.75, 3.05) is 23.3 Å². The molecule has 0 aliphatic carbocycles. The fourth-order valence-corrected chi connectivity index (χ4v) is 2.03. The number of hydrogen-bond acceptors (Lipinski definition) is 1. The fourth-order valence-electron chi connectivity index (χ4n) is 1.89. The minimum absolute atomic E-state index is 0.737. The summed E-state index contributed by atoms with van der Waals surface area (Å²) in [5.41, 5.74) is 2.42. The van der Waals surface area contributed by atoms with Crippen molar-refractivity contribution < 1.29 is 0 Å². The van der Waals surface area contributed by atoms with Crippen LogP contribution in [0.1, 0.15) is 18.4 Å². The molecule has 0 atom stereocenters. The first-order valence-electron chi connectivity index (χ1n) is 5.30. The molecule has 1 fully saturated rings. The number of anilines is 1. The molecule has 0 saturated carbocycles. The van der Waals surface area contributed by atoms with Crippen LogP contribution in [-0.4, -0.2) is 18.4 Å². The van der Waals surface area contributed by atoms with Crippen LogP contribution in [-0.2, 0) is 0 Å². The molecule has 0 N–H and O–H groups in total. The third-order valence-electron chi connectivity index (χ3n) is 2.62. The molecule has 1 aromatic carbocycles. The van der Waals surface area contributed by atoms with Gasteiger partial charge < -0.3 is 4.90 Å². The second-order valence-corrected chi connectivity index (χ2v) is 4.24. The lowest BCUT2D eigenvalue weighted by molar-refractivity contribution is 0.949. The standard InChI is InChI=1S/C13H14BrN/c14-8-4-6-12-5-3-7-13(11-12)15-9-1-2-10-15/h3,5,7,11H,1-2,8-10H2. The minimum Gasteiger partial charge on any atom is -0.371 e. The van der Waals surface area contributed by atoms with E-state index in [0.717, 1.165) is 10.9 Å². The summed E-state index contributed by atoms with van der Waals surface area (Å²) in [5.74, 6) is 6.17. The van der Waals surface area contributed by atoms with E-state index in [1.54, 1.807) is 0 Å². The van der Waals surface area contributed by atoms with Crippen molar-refractivity contribution in [1.29, 1.82) is 0 Å². The molecule has 0 aromatic heterocycles. The lowest BCUT2D eigenvalue weighted by Crippen LogP contribution is -2.17. The summed E-state index contributed by atoms with van der Waals surface area (Å²) >= 11 is 3.31. The lowest BCUT2D eigenvalue weighted by Gasteiger charge is -2.17. The zero-order chi connectivity index (χ0) is 10.5. The van der Waals surface area contributed by atoms with Crippen molar-refractivity contribution in [3.05, 3.63) is 29.8 Å². The van der Waals surface area contributed by atoms with E-state index in [2.05, 4.69) is 56.9 Å². The molecule has 0 bridgehead atoms. The van der Waals surface area contributed by atoms with Crippen molar-refractivity contribution in [1.82, 2.24) is 0 Å². The molecule has 15 heavy (non-hydrogen) atoms. The first-order chi connectivity index (χ1) is 7.40. The first-order valence-corrected chi connectivity index (χ1v) is 6.42. The highest BCUT2D eigenvalue weighted by Gasteiger charge is 2.11. The minimum atomic E-state index is 0.737. The summed E-state index contributed by atoms with van der Waals surface area (Å²) in [6, 6.07) is 8.51. The first kappa shape index (κ1) is 10.6. The van der Waals surface area contributed by atoms with Gasteiger partial charge in [0.2, 0.25) is 0 Å². The van der Waals surface area contributed by atoms with Gasteiger partial charge in [0, 0.05) is 24.3 Å². The van der Waals surface area contributed by atoms with E-state index < -0.39 is 0 Å².